The first-order valence-corrected chi connectivity index (χ1v) is 8.24. The van der Waals surface area contributed by atoms with Gasteiger partial charge in [-0.3, -0.25) is 0 Å². The zero-order valence-corrected chi connectivity index (χ0v) is 15.1. The minimum absolute atomic E-state index is 0.213. The molecule has 1 aliphatic heterocycles. The largest absolute Gasteiger partial charge is 0.497 e. The van der Waals surface area contributed by atoms with Crippen molar-refractivity contribution in [2.45, 2.75) is 19.4 Å². The number of nitrogens with zero attached hydrogens (tertiary/aromatic N) is 1. The molecule has 25 heavy (non-hydrogen) atoms. The van der Waals surface area contributed by atoms with Crippen molar-refractivity contribution in [2.24, 2.45) is 4.99 Å². The molecule has 0 amide bonds. The third kappa shape index (κ3) is 4.02. The molecule has 2 aromatic rings. The second-order valence-corrected chi connectivity index (χ2v) is 6.59. The summed E-state index contributed by atoms with van der Waals surface area (Å²) >= 11 is 0. The van der Waals surface area contributed by atoms with Gasteiger partial charge in [-0.25, -0.2) is 4.99 Å². The highest BCUT2D eigenvalue weighted by Gasteiger charge is 2.28. The van der Waals surface area contributed by atoms with Crippen LogP contribution in [0.1, 0.15) is 25.0 Å². The van der Waals surface area contributed by atoms with E-state index in [-0.39, 0.29) is 5.54 Å². The number of ether oxygens (including phenoxy) is 3. The topological polar surface area (TPSA) is 40.0 Å². The maximum Gasteiger partial charge on any atom is 0.217 e. The van der Waals surface area contributed by atoms with Crippen molar-refractivity contribution in [3.05, 3.63) is 59.7 Å². The molecule has 0 bridgehead atoms. The highest BCUT2D eigenvalue weighted by Crippen LogP contribution is 2.30. The molecule has 2 aromatic carbocycles. The van der Waals surface area contributed by atoms with Gasteiger partial charge in [-0.05, 0) is 43.2 Å². The van der Waals surface area contributed by atoms with Gasteiger partial charge < -0.3 is 14.2 Å². The quantitative estimate of drug-likeness (QED) is 0.757. The van der Waals surface area contributed by atoms with Crippen LogP contribution in [0.4, 0.5) is 0 Å². The van der Waals surface area contributed by atoms with Gasteiger partial charge in [-0.1, -0.05) is 30.3 Å². The van der Waals surface area contributed by atoms with E-state index in [1.54, 1.807) is 14.2 Å². The van der Waals surface area contributed by atoms with Crippen LogP contribution >= 0.6 is 0 Å². The molecule has 0 N–H and O–H groups in total. The molecular weight excluding hydrogens is 314 g/mol. The van der Waals surface area contributed by atoms with E-state index >= 15 is 0 Å². The van der Waals surface area contributed by atoms with Crippen molar-refractivity contribution >= 4 is 17.5 Å². The van der Waals surface area contributed by atoms with Crippen LogP contribution in [-0.4, -0.2) is 32.3 Å². The fourth-order valence-electron chi connectivity index (χ4n) is 2.69. The molecule has 4 nitrogen and oxygen atoms in total. The Balaban J connectivity index is 2.11. The third-order valence-electron chi connectivity index (χ3n) is 3.97. The first-order valence-electron chi connectivity index (χ1n) is 8.24. The van der Waals surface area contributed by atoms with Crippen LogP contribution in [-0.2, 0) is 4.74 Å². The average Bonchev–Trinajstić information content (AvgIpc) is 2.99. The molecule has 0 aliphatic carbocycles. The van der Waals surface area contributed by atoms with Gasteiger partial charge >= 0.3 is 0 Å². The number of hydrogen-bond acceptors (Lipinski definition) is 4. The lowest BCUT2D eigenvalue weighted by molar-refractivity contribution is 0.281. The summed E-state index contributed by atoms with van der Waals surface area (Å²) in [6.45, 7) is 4.71. The molecule has 4 heteroatoms. The minimum atomic E-state index is -0.213. The zero-order chi connectivity index (χ0) is 17.9. The fraction of sp³-hybridized carbons (Fsp3) is 0.286. The number of methoxy groups -OCH3 is 2. The normalized spacial score (nSPS) is 16.2. The first-order chi connectivity index (χ1) is 12.0. The summed E-state index contributed by atoms with van der Waals surface area (Å²) in [5.74, 6) is 2.15. The molecule has 0 fully saturated rings. The molecular formula is C21H23NO3. The summed E-state index contributed by atoms with van der Waals surface area (Å²) < 4.78 is 16.6. The van der Waals surface area contributed by atoms with Crippen molar-refractivity contribution < 1.29 is 14.2 Å². The molecule has 130 valence electrons. The second-order valence-electron chi connectivity index (χ2n) is 6.59. The van der Waals surface area contributed by atoms with Gasteiger partial charge in [0.25, 0.3) is 0 Å². The zero-order valence-electron chi connectivity index (χ0n) is 15.1. The van der Waals surface area contributed by atoms with E-state index < -0.39 is 0 Å². The van der Waals surface area contributed by atoms with E-state index in [9.17, 15) is 0 Å². The van der Waals surface area contributed by atoms with Gasteiger partial charge in [0.05, 0.1) is 19.8 Å². The number of benzene rings is 2. The molecule has 0 radical (unpaired) electrons. The van der Waals surface area contributed by atoms with Crippen LogP contribution in [0.3, 0.4) is 0 Å². The van der Waals surface area contributed by atoms with E-state index in [2.05, 4.69) is 32.1 Å². The SMILES string of the molecule is COc1cc(/C=C(/C2=NC(C)(C)CO2)c2ccccc2)cc(OC)c1. The summed E-state index contributed by atoms with van der Waals surface area (Å²) in [5.41, 5.74) is 2.75. The van der Waals surface area contributed by atoms with Crippen LogP contribution in [0.2, 0.25) is 0 Å². The van der Waals surface area contributed by atoms with E-state index in [0.29, 0.717) is 12.5 Å². The molecule has 0 atom stereocenters. The highest BCUT2D eigenvalue weighted by atomic mass is 16.5. The van der Waals surface area contributed by atoms with Crippen LogP contribution in [0.15, 0.2) is 53.5 Å². The molecule has 1 heterocycles. The summed E-state index contributed by atoms with van der Waals surface area (Å²) in [5, 5.41) is 0. The van der Waals surface area contributed by atoms with E-state index in [0.717, 1.165) is 28.2 Å². The van der Waals surface area contributed by atoms with Gasteiger partial charge in [0.15, 0.2) is 0 Å². The van der Waals surface area contributed by atoms with Gasteiger partial charge in [0.1, 0.15) is 18.1 Å². The maximum absolute atomic E-state index is 5.89. The Kier molecular flexibility index (Phi) is 4.79. The molecule has 0 saturated carbocycles. The van der Waals surface area contributed by atoms with Crippen molar-refractivity contribution in [3.8, 4) is 11.5 Å². The van der Waals surface area contributed by atoms with Gasteiger partial charge in [-0.2, -0.15) is 0 Å². The van der Waals surface area contributed by atoms with Crippen LogP contribution in [0.25, 0.3) is 11.6 Å². The standard InChI is InChI=1S/C21H23NO3/c1-21(2)14-25-20(22-21)19(16-8-6-5-7-9-16)12-15-10-17(23-3)13-18(11-15)24-4/h5-13H,14H2,1-4H3/b19-12+. The average molecular weight is 337 g/mol. The molecule has 0 saturated heterocycles. The van der Waals surface area contributed by atoms with Gasteiger partial charge in [-0.15, -0.1) is 0 Å². The van der Waals surface area contributed by atoms with Crippen LogP contribution in [0, 0.1) is 0 Å². The molecule has 1 aliphatic rings. The number of rotatable bonds is 5. The van der Waals surface area contributed by atoms with Crippen LogP contribution < -0.4 is 9.47 Å². The fourth-order valence-corrected chi connectivity index (χ4v) is 2.69. The Morgan fingerprint density at radius 3 is 2.20 bits per heavy atom. The highest BCUT2D eigenvalue weighted by molar-refractivity contribution is 6.24. The van der Waals surface area contributed by atoms with E-state index in [1.165, 1.54) is 0 Å². The summed E-state index contributed by atoms with van der Waals surface area (Å²) in [6.07, 6.45) is 2.06. The molecule has 0 spiro atoms. The smallest absolute Gasteiger partial charge is 0.217 e. The first kappa shape index (κ1) is 17.1. The van der Waals surface area contributed by atoms with Crippen molar-refractivity contribution in [2.75, 3.05) is 20.8 Å². The number of aliphatic imine (C=N–C) groups is 1. The predicted octanol–water partition coefficient (Wildman–Crippen LogP) is 4.45. The monoisotopic (exact) mass is 337 g/mol. The Morgan fingerprint density at radius 1 is 1.04 bits per heavy atom. The number of hydrogen-bond donors (Lipinski definition) is 0. The predicted molar refractivity (Wildman–Crippen MR) is 101 cm³/mol. The van der Waals surface area contributed by atoms with E-state index in [1.807, 2.05) is 36.4 Å². The lowest BCUT2D eigenvalue weighted by Crippen LogP contribution is -2.17. The van der Waals surface area contributed by atoms with Crippen LogP contribution in [0.5, 0.6) is 11.5 Å². The Hall–Kier alpha value is -2.75. The maximum atomic E-state index is 5.89. The van der Waals surface area contributed by atoms with Crippen molar-refractivity contribution in [3.63, 3.8) is 0 Å². The van der Waals surface area contributed by atoms with Gasteiger partial charge in [0, 0.05) is 11.6 Å². The Bertz CT molecular complexity index is 785. The van der Waals surface area contributed by atoms with E-state index in [4.69, 9.17) is 19.2 Å². The van der Waals surface area contributed by atoms with Gasteiger partial charge in [0.2, 0.25) is 5.90 Å². The summed E-state index contributed by atoms with van der Waals surface area (Å²) in [4.78, 5) is 4.74. The lowest BCUT2D eigenvalue weighted by Gasteiger charge is -2.10. The second kappa shape index (κ2) is 7.01. The molecule has 0 aromatic heterocycles. The summed E-state index contributed by atoms with van der Waals surface area (Å²) in [7, 11) is 3.29. The summed E-state index contributed by atoms with van der Waals surface area (Å²) in [6, 6.07) is 15.9. The van der Waals surface area contributed by atoms with Crippen molar-refractivity contribution in [1.29, 1.82) is 0 Å². The minimum Gasteiger partial charge on any atom is -0.497 e. The molecule has 0 unspecified atom stereocenters. The third-order valence-corrected chi connectivity index (χ3v) is 3.97. The Morgan fingerprint density at radius 2 is 1.68 bits per heavy atom. The van der Waals surface area contributed by atoms with Crippen molar-refractivity contribution in [1.82, 2.24) is 0 Å². The lowest BCUT2D eigenvalue weighted by atomic mass is 10.0. The Labute approximate surface area is 148 Å². The molecule has 3 rings (SSSR count).